The van der Waals surface area contributed by atoms with Crippen LogP contribution < -0.4 is 15.8 Å². The molecule has 6 rings (SSSR count). The largest absolute Gasteiger partial charge is 0.474 e. The lowest BCUT2D eigenvalue weighted by Gasteiger charge is -2.58. The van der Waals surface area contributed by atoms with E-state index in [1.54, 1.807) is 13.8 Å². The zero-order chi connectivity index (χ0) is 24.1. The highest BCUT2D eigenvalue weighted by atomic mass is 32.2. The number of aromatic nitrogens is 1. The second kappa shape index (κ2) is 8.61. The minimum Gasteiger partial charge on any atom is -0.474 e. The third-order valence-corrected chi connectivity index (χ3v) is 8.64. The third kappa shape index (κ3) is 4.43. The van der Waals surface area contributed by atoms with E-state index in [2.05, 4.69) is 10.5 Å². The van der Waals surface area contributed by atoms with Crippen LogP contribution in [0.1, 0.15) is 56.5 Å². The van der Waals surface area contributed by atoms with Gasteiger partial charge in [0.05, 0.1) is 11.0 Å². The Labute approximate surface area is 203 Å². The summed E-state index contributed by atoms with van der Waals surface area (Å²) in [5, 5.41) is 18.1. The standard InChI is InChI=1S/C25H31N3O5S/c1-24(2,23(26)30)13-32-22-20(34-17-6-4-3-5-7-17)19(33-28-22)21(29)27-18-15-8-14-9-16(18)12-25(31,10-14)11-15/h3-7,14-16,18,31H,8-13H2,1-2H3,(H2,26,30)(H,27,29). The summed E-state index contributed by atoms with van der Waals surface area (Å²) in [6, 6.07) is 9.60. The third-order valence-electron chi connectivity index (χ3n) is 7.57. The molecule has 0 spiro atoms. The number of hydrogen-bond acceptors (Lipinski definition) is 7. The van der Waals surface area contributed by atoms with Crippen LogP contribution in [0.4, 0.5) is 0 Å². The fourth-order valence-electron chi connectivity index (χ4n) is 5.95. The van der Waals surface area contributed by atoms with Crippen LogP contribution in [-0.2, 0) is 4.79 Å². The Morgan fingerprint density at radius 2 is 1.91 bits per heavy atom. The predicted molar refractivity (Wildman–Crippen MR) is 125 cm³/mol. The lowest BCUT2D eigenvalue weighted by molar-refractivity contribution is -0.137. The minimum absolute atomic E-state index is 0.00498. The van der Waals surface area contributed by atoms with Crippen molar-refractivity contribution >= 4 is 23.6 Å². The van der Waals surface area contributed by atoms with Crippen molar-refractivity contribution in [2.24, 2.45) is 28.9 Å². The van der Waals surface area contributed by atoms with Gasteiger partial charge >= 0.3 is 0 Å². The minimum atomic E-state index is -0.906. The van der Waals surface area contributed by atoms with E-state index in [0.29, 0.717) is 10.8 Å². The molecule has 0 saturated heterocycles. The number of benzene rings is 1. The summed E-state index contributed by atoms with van der Waals surface area (Å²) in [6.45, 7) is 3.38. The molecule has 2 unspecified atom stereocenters. The second-order valence-corrected chi connectivity index (χ2v) is 11.9. The number of carbonyl (C=O) groups is 2. The maximum atomic E-state index is 13.4. The van der Waals surface area contributed by atoms with Gasteiger partial charge in [0, 0.05) is 10.9 Å². The van der Waals surface area contributed by atoms with Gasteiger partial charge in [-0.1, -0.05) is 30.0 Å². The quantitative estimate of drug-likeness (QED) is 0.523. The average Bonchev–Trinajstić information content (AvgIpc) is 3.17. The molecule has 4 N–H and O–H groups in total. The van der Waals surface area contributed by atoms with Crippen LogP contribution >= 0.6 is 11.8 Å². The number of nitrogens with zero attached hydrogens (tertiary/aromatic N) is 1. The van der Waals surface area contributed by atoms with E-state index in [0.717, 1.165) is 37.0 Å². The first-order valence-corrected chi connectivity index (χ1v) is 12.6. The van der Waals surface area contributed by atoms with Crippen molar-refractivity contribution in [1.82, 2.24) is 10.5 Å². The lowest BCUT2D eigenvalue weighted by Crippen LogP contribution is -2.61. The average molecular weight is 486 g/mol. The number of aliphatic hydroxyl groups is 1. The first-order chi connectivity index (χ1) is 16.1. The van der Waals surface area contributed by atoms with Crippen LogP contribution in [0.3, 0.4) is 0 Å². The number of nitrogens with two attached hydrogens (primary N) is 1. The molecule has 4 bridgehead atoms. The molecule has 1 aromatic heterocycles. The first-order valence-electron chi connectivity index (χ1n) is 11.8. The van der Waals surface area contributed by atoms with Crippen LogP contribution in [0.15, 0.2) is 44.6 Å². The van der Waals surface area contributed by atoms with E-state index in [-0.39, 0.29) is 42.0 Å². The molecular weight excluding hydrogens is 454 g/mol. The summed E-state index contributed by atoms with van der Waals surface area (Å²) in [7, 11) is 0. The van der Waals surface area contributed by atoms with Crippen LogP contribution in [0.25, 0.3) is 0 Å². The Balaban J connectivity index is 1.37. The summed E-state index contributed by atoms with van der Waals surface area (Å²) in [5.74, 6) is 0.537. The lowest BCUT2D eigenvalue weighted by atomic mass is 9.52. The molecule has 4 aliphatic carbocycles. The molecule has 0 radical (unpaired) electrons. The number of ether oxygens (including phenoxy) is 1. The van der Waals surface area contributed by atoms with Crippen molar-refractivity contribution in [2.45, 2.75) is 67.4 Å². The van der Waals surface area contributed by atoms with E-state index in [4.69, 9.17) is 15.0 Å². The zero-order valence-electron chi connectivity index (χ0n) is 19.5. The van der Waals surface area contributed by atoms with Gasteiger partial charge in [-0.2, -0.15) is 0 Å². The number of hydrogen-bond donors (Lipinski definition) is 3. The van der Waals surface area contributed by atoms with Gasteiger partial charge in [-0.05, 0) is 81.0 Å². The van der Waals surface area contributed by atoms with Gasteiger partial charge in [-0.15, -0.1) is 0 Å². The van der Waals surface area contributed by atoms with Crippen LogP contribution in [-0.4, -0.2) is 40.3 Å². The Morgan fingerprint density at radius 1 is 1.24 bits per heavy atom. The van der Waals surface area contributed by atoms with E-state index < -0.39 is 16.9 Å². The fraction of sp³-hybridized carbons (Fsp3) is 0.560. The summed E-state index contributed by atoms with van der Waals surface area (Å²) in [6.07, 6.45) is 4.46. The summed E-state index contributed by atoms with van der Waals surface area (Å²) in [5.41, 5.74) is 4.00. The van der Waals surface area contributed by atoms with Gasteiger partial charge in [-0.3, -0.25) is 9.59 Å². The molecule has 4 aliphatic rings. The summed E-state index contributed by atoms with van der Waals surface area (Å²) < 4.78 is 11.3. The molecular formula is C25H31N3O5S. The molecule has 2 amide bonds. The van der Waals surface area contributed by atoms with E-state index >= 15 is 0 Å². The van der Waals surface area contributed by atoms with E-state index in [1.165, 1.54) is 11.8 Å². The normalized spacial score (nSPS) is 29.7. The van der Waals surface area contributed by atoms with Crippen LogP contribution in [0.2, 0.25) is 0 Å². The maximum Gasteiger partial charge on any atom is 0.291 e. The van der Waals surface area contributed by atoms with E-state index in [9.17, 15) is 14.7 Å². The number of rotatable bonds is 8. The predicted octanol–water partition coefficient (Wildman–Crippen LogP) is 3.39. The molecule has 1 aromatic carbocycles. The smallest absolute Gasteiger partial charge is 0.291 e. The van der Waals surface area contributed by atoms with Crippen molar-refractivity contribution in [3.05, 3.63) is 36.1 Å². The van der Waals surface area contributed by atoms with Gasteiger partial charge in [0.1, 0.15) is 11.5 Å². The van der Waals surface area contributed by atoms with Crippen molar-refractivity contribution < 1.29 is 24.0 Å². The van der Waals surface area contributed by atoms with Gasteiger partial charge in [0.2, 0.25) is 11.7 Å². The monoisotopic (exact) mass is 485 g/mol. The highest BCUT2D eigenvalue weighted by Crippen LogP contribution is 2.55. The maximum absolute atomic E-state index is 13.4. The van der Waals surface area contributed by atoms with Crippen molar-refractivity contribution in [1.29, 1.82) is 0 Å². The highest BCUT2D eigenvalue weighted by molar-refractivity contribution is 7.99. The number of nitrogens with one attached hydrogen (secondary N) is 1. The van der Waals surface area contributed by atoms with Gasteiger partial charge < -0.3 is 25.4 Å². The molecule has 2 atom stereocenters. The molecule has 1 heterocycles. The Hall–Kier alpha value is -2.52. The summed E-state index contributed by atoms with van der Waals surface area (Å²) >= 11 is 1.33. The molecule has 182 valence electrons. The number of primary amides is 1. The highest BCUT2D eigenvalue weighted by Gasteiger charge is 2.55. The summed E-state index contributed by atoms with van der Waals surface area (Å²) in [4.78, 5) is 26.5. The Bertz CT molecular complexity index is 1070. The fourth-order valence-corrected chi connectivity index (χ4v) is 6.89. The molecule has 4 saturated carbocycles. The topological polar surface area (TPSA) is 128 Å². The van der Waals surface area contributed by atoms with Crippen molar-refractivity contribution in [3.63, 3.8) is 0 Å². The van der Waals surface area contributed by atoms with Gasteiger partial charge in [-0.25, -0.2) is 0 Å². The van der Waals surface area contributed by atoms with Crippen LogP contribution in [0.5, 0.6) is 5.88 Å². The number of carbonyl (C=O) groups excluding carboxylic acids is 2. The van der Waals surface area contributed by atoms with Gasteiger partial charge in [0.25, 0.3) is 11.8 Å². The van der Waals surface area contributed by atoms with Crippen molar-refractivity contribution in [3.8, 4) is 5.88 Å². The van der Waals surface area contributed by atoms with Crippen LogP contribution in [0, 0.1) is 23.2 Å². The van der Waals surface area contributed by atoms with Crippen molar-refractivity contribution in [2.75, 3.05) is 6.61 Å². The second-order valence-electron chi connectivity index (χ2n) is 10.8. The first kappa shape index (κ1) is 23.2. The molecule has 4 fully saturated rings. The number of amides is 2. The molecule has 9 heteroatoms. The Kier molecular flexibility index (Phi) is 5.88. The molecule has 8 nitrogen and oxygen atoms in total. The van der Waals surface area contributed by atoms with E-state index in [1.807, 2.05) is 30.3 Å². The molecule has 0 aliphatic heterocycles. The van der Waals surface area contributed by atoms with Gasteiger partial charge in [0.15, 0.2) is 0 Å². The molecule has 2 aromatic rings. The zero-order valence-corrected chi connectivity index (χ0v) is 20.3. The molecule has 34 heavy (non-hydrogen) atoms. The SMILES string of the molecule is CC(C)(COc1noc(C(=O)NC2C3CC4CC2CC(O)(C4)C3)c1Sc1ccccc1)C(N)=O. The Morgan fingerprint density at radius 3 is 2.53 bits per heavy atom.